The fraction of sp³-hybridized carbons (Fsp3) is 0.811. The molecule has 0 amide bonds. The van der Waals surface area contributed by atoms with Crippen LogP contribution in [0.4, 0.5) is 0 Å². The largest absolute Gasteiger partial charge is 0.392 e. The Morgan fingerprint density at radius 1 is 1.05 bits per heavy atom. The minimum atomic E-state index is -0.731. The molecule has 13 unspecified atom stereocenters. The van der Waals surface area contributed by atoms with Gasteiger partial charge in [-0.3, -0.25) is 14.4 Å². The zero-order chi connectivity index (χ0) is 30.4. The molecule has 3 fully saturated rings. The van der Waals surface area contributed by atoms with Crippen molar-refractivity contribution in [3.8, 4) is 0 Å². The Balaban J connectivity index is 1.55. The van der Waals surface area contributed by atoms with E-state index < -0.39 is 11.5 Å². The lowest BCUT2D eigenvalue weighted by Crippen LogP contribution is -2.69. The molecule has 0 heterocycles. The Labute approximate surface area is 249 Å². The average molecular weight is 565 g/mol. The number of hydrogen-bond acceptors (Lipinski definition) is 4. The normalized spacial score (nSPS) is 49.8. The summed E-state index contributed by atoms with van der Waals surface area (Å²) in [6, 6.07) is 0. The van der Waals surface area contributed by atoms with Gasteiger partial charge in [0.2, 0.25) is 0 Å². The Morgan fingerprint density at radius 3 is 2.24 bits per heavy atom. The molecule has 0 aromatic heterocycles. The van der Waals surface area contributed by atoms with Crippen LogP contribution in [0.2, 0.25) is 0 Å². The predicted molar refractivity (Wildman–Crippen MR) is 164 cm³/mol. The van der Waals surface area contributed by atoms with E-state index in [1.807, 2.05) is 0 Å². The van der Waals surface area contributed by atoms with Gasteiger partial charge in [0.05, 0.1) is 6.10 Å². The van der Waals surface area contributed by atoms with Crippen LogP contribution in [0.15, 0.2) is 23.3 Å². The van der Waals surface area contributed by atoms with E-state index in [2.05, 4.69) is 67.5 Å². The number of hydrogen-bond donors (Lipinski definition) is 1. The number of carbonyl (C=O) groups excluding carboxylic acids is 3. The Kier molecular flexibility index (Phi) is 7.74. The highest BCUT2D eigenvalue weighted by molar-refractivity contribution is 5.93. The Morgan fingerprint density at radius 2 is 1.71 bits per heavy atom. The lowest BCUT2D eigenvalue weighted by molar-refractivity contribution is -0.239. The molecular formula is C37H56O4. The van der Waals surface area contributed by atoms with E-state index in [0.29, 0.717) is 29.5 Å². The van der Waals surface area contributed by atoms with Gasteiger partial charge in [-0.2, -0.15) is 0 Å². The van der Waals surface area contributed by atoms with Gasteiger partial charge in [0.25, 0.3) is 0 Å². The average Bonchev–Trinajstić information content (AvgIpc) is 2.85. The topological polar surface area (TPSA) is 71.4 Å². The van der Waals surface area contributed by atoms with E-state index >= 15 is 4.79 Å². The second-order valence-corrected chi connectivity index (χ2v) is 16.5. The number of carbonyl (C=O) groups is 3. The van der Waals surface area contributed by atoms with Crippen LogP contribution in [-0.2, 0) is 14.4 Å². The molecule has 4 nitrogen and oxygen atoms in total. The summed E-state index contributed by atoms with van der Waals surface area (Å²) in [4.78, 5) is 39.8. The van der Waals surface area contributed by atoms with Crippen LogP contribution in [0.5, 0.6) is 0 Å². The van der Waals surface area contributed by atoms with Gasteiger partial charge in [-0.05, 0) is 110 Å². The third kappa shape index (κ3) is 4.42. The minimum Gasteiger partial charge on any atom is -0.392 e. The molecule has 13 atom stereocenters. The van der Waals surface area contributed by atoms with E-state index in [-0.39, 0.29) is 57.9 Å². The highest BCUT2D eigenvalue weighted by Crippen LogP contribution is 2.72. The molecule has 0 aliphatic heterocycles. The quantitative estimate of drug-likeness (QED) is 0.356. The first-order chi connectivity index (χ1) is 19.0. The first-order valence-electron chi connectivity index (χ1n) is 16.6. The predicted octanol–water partition coefficient (Wildman–Crippen LogP) is 7.64. The van der Waals surface area contributed by atoms with Crippen LogP contribution in [0, 0.1) is 75.4 Å². The summed E-state index contributed by atoms with van der Waals surface area (Å²) < 4.78 is 0. The van der Waals surface area contributed by atoms with Gasteiger partial charge in [-0.25, -0.2) is 0 Å². The maximum Gasteiger partial charge on any atom is 0.155 e. The van der Waals surface area contributed by atoms with Crippen molar-refractivity contribution < 1.29 is 19.5 Å². The second-order valence-electron chi connectivity index (χ2n) is 16.5. The highest BCUT2D eigenvalue weighted by Gasteiger charge is 2.70. The zero-order valence-corrected chi connectivity index (χ0v) is 27.4. The summed E-state index contributed by atoms with van der Waals surface area (Å²) >= 11 is 0. The first kappa shape index (κ1) is 30.9. The molecule has 0 aromatic carbocycles. The molecule has 0 radical (unpaired) electrons. The zero-order valence-electron chi connectivity index (χ0n) is 27.4. The van der Waals surface area contributed by atoms with Gasteiger partial charge >= 0.3 is 0 Å². The SMILES string of the molecule is CC(=O)C1=CCC(C2=CC(C(C)C)C3CC4(C)CC5(C)CC(C)C(C(C)=O)C(O)C5(C)C(C)C4C(=O)C3C2C)CC1. The van der Waals surface area contributed by atoms with Crippen molar-refractivity contribution in [1.29, 1.82) is 0 Å². The molecule has 228 valence electrons. The van der Waals surface area contributed by atoms with Crippen molar-refractivity contribution in [3.05, 3.63) is 23.3 Å². The third-order valence-corrected chi connectivity index (χ3v) is 13.9. The molecule has 0 aromatic rings. The lowest BCUT2D eigenvalue weighted by Gasteiger charge is -2.70. The summed E-state index contributed by atoms with van der Waals surface area (Å²) in [5.41, 5.74) is 1.67. The molecule has 0 saturated heterocycles. The number of fused-ring (bicyclic) bond motifs is 3. The lowest BCUT2D eigenvalue weighted by atomic mass is 9.34. The number of aliphatic hydroxyl groups is 1. The van der Waals surface area contributed by atoms with Crippen LogP contribution in [0.25, 0.3) is 0 Å². The fourth-order valence-electron chi connectivity index (χ4n) is 12.0. The molecule has 0 spiro atoms. The number of ketones is 3. The Bertz CT molecular complexity index is 1180. The van der Waals surface area contributed by atoms with Gasteiger partial charge in [-0.1, -0.05) is 73.1 Å². The van der Waals surface area contributed by atoms with Crippen molar-refractivity contribution >= 4 is 17.3 Å². The monoisotopic (exact) mass is 564 g/mol. The summed E-state index contributed by atoms with van der Waals surface area (Å²) in [6.45, 7) is 21.6. The van der Waals surface area contributed by atoms with Gasteiger partial charge < -0.3 is 5.11 Å². The summed E-state index contributed by atoms with van der Waals surface area (Å²) in [6.07, 6.45) is 9.63. The molecule has 5 rings (SSSR count). The smallest absolute Gasteiger partial charge is 0.155 e. The van der Waals surface area contributed by atoms with Gasteiger partial charge in [0.1, 0.15) is 11.6 Å². The maximum absolute atomic E-state index is 15.0. The van der Waals surface area contributed by atoms with Gasteiger partial charge in [-0.15, -0.1) is 0 Å². The standard InChI is InChI=1S/C37H56O4/c1-19(2)27-15-28(26-13-11-25(12-14-26)23(6)38)21(4)31-29(27)17-35(8)18-36(9)16-20(3)30(24(7)39)34(41)37(36,10)22(5)32(35)33(31)40/h11,15,19-22,26-27,29-32,34,41H,12-14,16-18H2,1-10H3. The van der Waals surface area contributed by atoms with Gasteiger partial charge in [0.15, 0.2) is 5.78 Å². The summed E-state index contributed by atoms with van der Waals surface area (Å²) in [5, 5.41) is 12.0. The first-order valence-corrected chi connectivity index (χ1v) is 16.6. The van der Waals surface area contributed by atoms with Crippen LogP contribution < -0.4 is 0 Å². The van der Waals surface area contributed by atoms with Crippen LogP contribution >= 0.6 is 0 Å². The van der Waals surface area contributed by atoms with E-state index in [0.717, 1.165) is 44.1 Å². The van der Waals surface area contributed by atoms with Crippen LogP contribution in [-0.4, -0.2) is 28.6 Å². The van der Waals surface area contributed by atoms with Crippen molar-refractivity contribution in [2.45, 2.75) is 114 Å². The van der Waals surface area contributed by atoms with Crippen molar-refractivity contribution in [3.63, 3.8) is 0 Å². The van der Waals surface area contributed by atoms with Crippen LogP contribution in [0.1, 0.15) is 108 Å². The van der Waals surface area contributed by atoms with E-state index in [1.165, 1.54) is 5.57 Å². The minimum absolute atomic E-state index is 0.00107. The molecule has 5 aliphatic carbocycles. The van der Waals surface area contributed by atoms with Crippen molar-refractivity contribution in [2.24, 2.45) is 75.4 Å². The van der Waals surface area contributed by atoms with Crippen LogP contribution in [0.3, 0.4) is 0 Å². The second kappa shape index (κ2) is 10.3. The third-order valence-electron chi connectivity index (χ3n) is 13.9. The number of aliphatic hydroxyl groups excluding tert-OH is 1. The van der Waals surface area contributed by atoms with E-state index in [4.69, 9.17) is 0 Å². The molecule has 3 saturated carbocycles. The number of Topliss-reactive ketones (excluding diaryl/α,β-unsaturated/α-hetero) is 3. The summed E-state index contributed by atoms with van der Waals surface area (Å²) in [5.74, 6) is 2.12. The maximum atomic E-state index is 15.0. The van der Waals surface area contributed by atoms with E-state index in [1.54, 1.807) is 13.8 Å². The van der Waals surface area contributed by atoms with E-state index in [9.17, 15) is 14.7 Å². The number of rotatable bonds is 4. The number of allylic oxidation sites excluding steroid dienone is 4. The highest BCUT2D eigenvalue weighted by atomic mass is 16.3. The molecule has 0 bridgehead atoms. The molecule has 41 heavy (non-hydrogen) atoms. The summed E-state index contributed by atoms with van der Waals surface area (Å²) in [7, 11) is 0. The molecule has 4 heteroatoms. The Hall–Kier alpha value is -1.55. The van der Waals surface area contributed by atoms with Crippen molar-refractivity contribution in [1.82, 2.24) is 0 Å². The molecular weight excluding hydrogens is 508 g/mol. The molecule has 5 aliphatic rings. The van der Waals surface area contributed by atoms with Crippen molar-refractivity contribution in [2.75, 3.05) is 0 Å². The fourth-order valence-corrected chi connectivity index (χ4v) is 12.0. The van der Waals surface area contributed by atoms with Gasteiger partial charge in [0, 0.05) is 23.2 Å². The molecule has 1 N–H and O–H groups in total.